The van der Waals surface area contributed by atoms with Crippen molar-refractivity contribution in [3.8, 4) is 0 Å². The predicted octanol–water partition coefficient (Wildman–Crippen LogP) is 0.444. The van der Waals surface area contributed by atoms with E-state index in [0.29, 0.717) is 5.71 Å². The Morgan fingerprint density at radius 1 is 1.75 bits per heavy atom. The number of oxime groups is 1. The lowest BCUT2D eigenvalue weighted by Crippen LogP contribution is -2.28. The molecule has 0 bridgehead atoms. The van der Waals surface area contributed by atoms with Crippen LogP contribution in [-0.4, -0.2) is 24.0 Å². The average Bonchev–Trinajstić information content (AvgIpc) is 1.84. The predicted molar refractivity (Wildman–Crippen MR) is 33.4 cm³/mol. The summed E-state index contributed by atoms with van der Waals surface area (Å²) in [5.41, 5.74) is 0.701. The van der Waals surface area contributed by atoms with E-state index in [2.05, 4.69) is 10.5 Å². The minimum atomic E-state index is 0.167. The molecule has 0 amide bonds. The SMILES string of the molecule is CNC(C)C(C)=NO. The second kappa shape index (κ2) is 3.43. The first kappa shape index (κ1) is 7.43. The molecule has 0 aliphatic carbocycles. The van der Waals surface area contributed by atoms with Gasteiger partial charge in [-0.05, 0) is 20.9 Å². The van der Waals surface area contributed by atoms with Gasteiger partial charge in [-0.25, -0.2) is 0 Å². The van der Waals surface area contributed by atoms with E-state index in [9.17, 15) is 0 Å². The van der Waals surface area contributed by atoms with Crippen molar-refractivity contribution in [2.24, 2.45) is 5.16 Å². The Morgan fingerprint density at radius 3 is 2.38 bits per heavy atom. The largest absolute Gasteiger partial charge is 0.411 e. The van der Waals surface area contributed by atoms with Crippen molar-refractivity contribution >= 4 is 5.71 Å². The lowest BCUT2D eigenvalue weighted by atomic mass is 10.2. The van der Waals surface area contributed by atoms with Gasteiger partial charge in [-0.3, -0.25) is 0 Å². The van der Waals surface area contributed by atoms with Crippen LogP contribution < -0.4 is 5.32 Å². The van der Waals surface area contributed by atoms with E-state index in [1.54, 1.807) is 6.92 Å². The van der Waals surface area contributed by atoms with Crippen LogP contribution in [0.1, 0.15) is 13.8 Å². The van der Waals surface area contributed by atoms with Crippen molar-refractivity contribution < 1.29 is 5.21 Å². The lowest BCUT2D eigenvalue weighted by molar-refractivity contribution is 0.316. The highest BCUT2D eigenvalue weighted by Gasteiger charge is 1.99. The normalized spacial score (nSPS) is 16.1. The van der Waals surface area contributed by atoms with Crippen LogP contribution in [0, 0.1) is 0 Å². The lowest BCUT2D eigenvalue weighted by Gasteiger charge is -2.05. The Hall–Kier alpha value is -0.570. The van der Waals surface area contributed by atoms with Crippen molar-refractivity contribution in [2.75, 3.05) is 7.05 Å². The number of nitrogens with one attached hydrogen (secondary N) is 1. The molecule has 0 aromatic heterocycles. The molecule has 0 aliphatic rings. The summed E-state index contributed by atoms with van der Waals surface area (Å²) in [6.45, 7) is 3.69. The molecule has 0 radical (unpaired) electrons. The highest BCUT2D eigenvalue weighted by molar-refractivity contribution is 5.86. The maximum absolute atomic E-state index is 8.18. The van der Waals surface area contributed by atoms with Gasteiger partial charge in [-0.1, -0.05) is 5.16 Å². The third-order valence-electron chi connectivity index (χ3n) is 1.22. The van der Waals surface area contributed by atoms with Gasteiger partial charge in [0.15, 0.2) is 0 Å². The van der Waals surface area contributed by atoms with Crippen LogP contribution in [0.15, 0.2) is 5.16 Å². The van der Waals surface area contributed by atoms with Crippen LogP contribution in [0.4, 0.5) is 0 Å². The van der Waals surface area contributed by atoms with Gasteiger partial charge in [0.25, 0.3) is 0 Å². The van der Waals surface area contributed by atoms with E-state index in [4.69, 9.17) is 5.21 Å². The minimum absolute atomic E-state index is 0.167. The zero-order valence-corrected chi connectivity index (χ0v) is 5.47. The van der Waals surface area contributed by atoms with Crippen molar-refractivity contribution in [3.63, 3.8) is 0 Å². The molecule has 2 N–H and O–H groups in total. The van der Waals surface area contributed by atoms with Crippen molar-refractivity contribution in [1.29, 1.82) is 0 Å². The van der Waals surface area contributed by atoms with E-state index in [0.717, 1.165) is 0 Å². The first-order chi connectivity index (χ1) is 3.72. The summed E-state index contributed by atoms with van der Waals surface area (Å²) in [6, 6.07) is 0.167. The van der Waals surface area contributed by atoms with Crippen molar-refractivity contribution in [3.05, 3.63) is 0 Å². The summed E-state index contributed by atoms with van der Waals surface area (Å²) >= 11 is 0. The quantitative estimate of drug-likeness (QED) is 0.312. The van der Waals surface area contributed by atoms with E-state index in [1.807, 2.05) is 14.0 Å². The summed E-state index contributed by atoms with van der Waals surface area (Å²) in [5, 5.41) is 14.1. The Labute approximate surface area is 49.4 Å². The zero-order chi connectivity index (χ0) is 6.57. The van der Waals surface area contributed by atoms with Gasteiger partial charge >= 0.3 is 0 Å². The molecule has 0 aromatic carbocycles. The zero-order valence-electron chi connectivity index (χ0n) is 5.47. The van der Waals surface area contributed by atoms with Crippen LogP contribution in [0.3, 0.4) is 0 Å². The fourth-order valence-electron chi connectivity index (χ4n) is 0.295. The third kappa shape index (κ3) is 1.93. The van der Waals surface area contributed by atoms with Crippen molar-refractivity contribution in [1.82, 2.24) is 5.32 Å². The number of hydrogen-bond acceptors (Lipinski definition) is 3. The fraction of sp³-hybridized carbons (Fsp3) is 0.800. The van der Waals surface area contributed by atoms with Gasteiger partial charge in [0.2, 0.25) is 0 Å². The molecule has 48 valence electrons. The van der Waals surface area contributed by atoms with Gasteiger partial charge in [0.1, 0.15) is 0 Å². The van der Waals surface area contributed by atoms with E-state index in [-0.39, 0.29) is 6.04 Å². The summed E-state index contributed by atoms with van der Waals surface area (Å²) < 4.78 is 0. The summed E-state index contributed by atoms with van der Waals surface area (Å²) in [5.74, 6) is 0. The van der Waals surface area contributed by atoms with Crippen LogP contribution in [0.2, 0.25) is 0 Å². The highest BCUT2D eigenvalue weighted by Crippen LogP contribution is 1.82. The molecular formula is C5H12N2O. The molecule has 1 atom stereocenters. The Kier molecular flexibility index (Phi) is 3.19. The van der Waals surface area contributed by atoms with Crippen LogP contribution in [0.25, 0.3) is 0 Å². The average molecular weight is 116 g/mol. The molecule has 0 heterocycles. The van der Waals surface area contributed by atoms with Gasteiger partial charge in [-0.15, -0.1) is 0 Å². The molecule has 0 rings (SSSR count). The fourth-order valence-corrected chi connectivity index (χ4v) is 0.295. The minimum Gasteiger partial charge on any atom is -0.411 e. The third-order valence-corrected chi connectivity index (χ3v) is 1.22. The summed E-state index contributed by atoms with van der Waals surface area (Å²) in [7, 11) is 1.82. The molecule has 0 aromatic rings. The molecule has 3 nitrogen and oxygen atoms in total. The second-order valence-corrected chi connectivity index (χ2v) is 1.75. The molecule has 0 saturated carbocycles. The summed E-state index contributed by atoms with van der Waals surface area (Å²) in [4.78, 5) is 0. The van der Waals surface area contributed by atoms with Crippen molar-refractivity contribution in [2.45, 2.75) is 19.9 Å². The van der Waals surface area contributed by atoms with Gasteiger partial charge < -0.3 is 10.5 Å². The molecular weight excluding hydrogens is 104 g/mol. The van der Waals surface area contributed by atoms with Crippen LogP contribution in [0.5, 0.6) is 0 Å². The first-order valence-electron chi connectivity index (χ1n) is 2.58. The highest BCUT2D eigenvalue weighted by atomic mass is 16.4. The maximum Gasteiger partial charge on any atom is 0.0706 e. The summed E-state index contributed by atoms with van der Waals surface area (Å²) in [6.07, 6.45) is 0. The molecule has 3 heteroatoms. The topological polar surface area (TPSA) is 44.6 Å². The molecule has 1 unspecified atom stereocenters. The van der Waals surface area contributed by atoms with E-state index in [1.165, 1.54) is 0 Å². The van der Waals surface area contributed by atoms with Crippen LogP contribution in [-0.2, 0) is 0 Å². The Balaban J connectivity index is 3.63. The van der Waals surface area contributed by atoms with E-state index >= 15 is 0 Å². The standard InChI is InChI=1S/C5H12N2O/c1-4(6-3)5(2)7-8/h4,6,8H,1-3H3. The molecule has 0 fully saturated rings. The maximum atomic E-state index is 8.18. The first-order valence-corrected chi connectivity index (χ1v) is 2.58. The van der Waals surface area contributed by atoms with E-state index < -0.39 is 0 Å². The molecule has 0 aliphatic heterocycles. The smallest absolute Gasteiger partial charge is 0.0706 e. The van der Waals surface area contributed by atoms with Gasteiger partial charge in [-0.2, -0.15) is 0 Å². The van der Waals surface area contributed by atoms with Gasteiger partial charge in [0.05, 0.1) is 5.71 Å². The number of hydrogen-bond donors (Lipinski definition) is 2. The number of nitrogens with zero attached hydrogens (tertiary/aromatic N) is 1. The Bertz CT molecular complexity index is 90.4. The number of rotatable bonds is 2. The monoisotopic (exact) mass is 116 g/mol. The molecule has 0 saturated heterocycles. The second-order valence-electron chi connectivity index (χ2n) is 1.75. The van der Waals surface area contributed by atoms with Crippen LogP contribution >= 0.6 is 0 Å². The van der Waals surface area contributed by atoms with Gasteiger partial charge in [0, 0.05) is 6.04 Å². The molecule has 0 spiro atoms. The Morgan fingerprint density at radius 2 is 2.25 bits per heavy atom. The molecule has 8 heavy (non-hydrogen) atoms.